The zero-order chi connectivity index (χ0) is 18.0. The molecule has 0 bridgehead atoms. The Labute approximate surface area is 152 Å². The molecule has 0 unspecified atom stereocenters. The second-order valence-corrected chi connectivity index (χ2v) is 7.61. The molecule has 1 aliphatic heterocycles. The standard InChI is InChI=1S/C19H25N3O2S/c1-4-5-15(20-18(23)16-7-6-13(2)21(16)3)19(24)22-10-8-17-14(12-22)9-11-25-17/h6-7,9,11,15H,4-5,8,10,12H2,1-3H3,(H,20,23)/t15-/m0/s1. The Kier molecular flexibility index (Phi) is 5.27. The first-order chi connectivity index (χ1) is 12.0. The van der Waals surface area contributed by atoms with Gasteiger partial charge in [0.2, 0.25) is 5.91 Å². The van der Waals surface area contributed by atoms with Gasteiger partial charge >= 0.3 is 0 Å². The molecule has 1 atom stereocenters. The van der Waals surface area contributed by atoms with E-state index in [0.29, 0.717) is 18.7 Å². The predicted molar refractivity (Wildman–Crippen MR) is 99.8 cm³/mol. The van der Waals surface area contributed by atoms with Crippen molar-refractivity contribution in [2.75, 3.05) is 6.54 Å². The van der Waals surface area contributed by atoms with Crippen LogP contribution in [0, 0.1) is 6.92 Å². The van der Waals surface area contributed by atoms with Crippen molar-refractivity contribution in [2.45, 2.75) is 45.7 Å². The number of nitrogens with one attached hydrogen (secondary N) is 1. The molecular formula is C19H25N3O2S. The van der Waals surface area contributed by atoms with Crippen LogP contribution < -0.4 is 5.32 Å². The first kappa shape index (κ1) is 17.7. The number of nitrogens with zero attached hydrogens (tertiary/aromatic N) is 2. The lowest BCUT2D eigenvalue weighted by molar-refractivity contribution is -0.134. The zero-order valence-corrected chi connectivity index (χ0v) is 15.9. The SMILES string of the molecule is CCC[C@H](NC(=O)c1ccc(C)n1C)C(=O)N1CCc2sccc2C1. The average Bonchev–Trinajstić information content (AvgIpc) is 3.20. The smallest absolute Gasteiger partial charge is 0.268 e. The third-order valence-electron chi connectivity index (χ3n) is 4.91. The highest BCUT2D eigenvalue weighted by Gasteiger charge is 2.29. The number of hydrogen-bond donors (Lipinski definition) is 1. The fourth-order valence-corrected chi connectivity index (χ4v) is 4.17. The molecule has 1 N–H and O–H groups in total. The van der Waals surface area contributed by atoms with Crippen molar-refractivity contribution < 1.29 is 9.59 Å². The molecule has 0 fully saturated rings. The van der Waals surface area contributed by atoms with Crippen LogP contribution in [0.5, 0.6) is 0 Å². The van der Waals surface area contributed by atoms with Crippen molar-refractivity contribution in [2.24, 2.45) is 7.05 Å². The summed E-state index contributed by atoms with van der Waals surface area (Å²) < 4.78 is 1.85. The van der Waals surface area contributed by atoms with Gasteiger partial charge in [-0.15, -0.1) is 11.3 Å². The monoisotopic (exact) mass is 359 g/mol. The Morgan fingerprint density at radius 3 is 2.80 bits per heavy atom. The van der Waals surface area contributed by atoms with Gasteiger partial charge in [-0.25, -0.2) is 0 Å². The van der Waals surface area contributed by atoms with Crippen LogP contribution in [-0.4, -0.2) is 33.9 Å². The van der Waals surface area contributed by atoms with Gasteiger partial charge in [0.05, 0.1) is 0 Å². The summed E-state index contributed by atoms with van der Waals surface area (Å²) in [6, 6.07) is 5.35. The van der Waals surface area contributed by atoms with Crippen LogP contribution in [0.15, 0.2) is 23.6 Å². The van der Waals surface area contributed by atoms with Crippen LogP contribution in [0.1, 0.15) is 46.4 Å². The number of rotatable bonds is 5. The van der Waals surface area contributed by atoms with E-state index in [1.54, 1.807) is 17.4 Å². The largest absolute Gasteiger partial charge is 0.344 e. The van der Waals surface area contributed by atoms with Gasteiger partial charge in [0.25, 0.3) is 5.91 Å². The molecule has 2 amide bonds. The van der Waals surface area contributed by atoms with Gasteiger partial charge in [-0.1, -0.05) is 13.3 Å². The molecule has 3 heterocycles. The minimum Gasteiger partial charge on any atom is -0.344 e. The van der Waals surface area contributed by atoms with Gasteiger partial charge in [0.15, 0.2) is 0 Å². The summed E-state index contributed by atoms with van der Waals surface area (Å²) in [4.78, 5) is 28.8. The molecule has 3 rings (SSSR count). The summed E-state index contributed by atoms with van der Waals surface area (Å²) in [7, 11) is 1.86. The van der Waals surface area contributed by atoms with E-state index in [-0.39, 0.29) is 11.8 Å². The molecule has 2 aromatic rings. The van der Waals surface area contributed by atoms with Crippen molar-refractivity contribution in [3.05, 3.63) is 45.4 Å². The van der Waals surface area contributed by atoms with Crippen molar-refractivity contribution in [3.8, 4) is 0 Å². The molecule has 134 valence electrons. The fourth-order valence-electron chi connectivity index (χ4n) is 3.28. The summed E-state index contributed by atoms with van der Waals surface area (Å²) in [5.41, 5.74) is 2.85. The fraction of sp³-hybridized carbons (Fsp3) is 0.474. The molecule has 0 saturated heterocycles. The summed E-state index contributed by atoms with van der Waals surface area (Å²) in [5.74, 6) is -0.159. The van der Waals surface area contributed by atoms with E-state index in [2.05, 4.69) is 16.8 Å². The van der Waals surface area contributed by atoms with Gasteiger partial charge in [-0.3, -0.25) is 9.59 Å². The summed E-state index contributed by atoms with van der Waals surface area (Å²) in [5, 5.41) is 5.04. The molecule has 0 saturated carbocycles. The molecule has 25 heavy (non-hydrogen) atoms. The van der Waals surface area contributed by atoms with Crippen molar-refractivity contribution in [3.63, 3.8) is 0 Å². The molecule has 0 aromatic carbocycles. The van der Waals surface area contributed by atoms with Gasteiger partial charge in [0.1, 0.15) is 11.7 Å². The topological polar surface area (TPSA) is 54.3 Å². The van der Waals surface area contributed by atoms with Crippen LogP contribution in [-0.2, 0) is 24.8 Å². The van der Waals surface area contributed by atoms with E-state index >= 15 is 0 Å². The van der Waals surface area contributed by atoms with E-state index in [4.69, 9.17) is 0 Å². The number of fused-ring (bicyclic) bond motifs is 1. The maximum Gasteiger partial charge on any atom is 0.268 e. The van der Waals surface area contributed by atoms with Crippen LogP contribution in [0.25, 0.3) is 0 Å². The summed E-state index contributed by atoms with van der Waals surface area (Å²) in [6.07, 6.45) is 2.41. The molecule has 6 heteroatoms. The van der Waals surface area contributed by atoms with E-state index < -0.39 is 6.04 Å². The minimum absolute atomic E-state index is 0.0259. The van der Waals surface area contributed by atoms with E-state index in [1.807, 2.05) is 36.4 Å². The van der Waals surface area contributed by atoms with Crippen LogP contribution >= 0.6 is 11.3 Å². The lowest BCUT2D eigenvalue weighted by Crippen LogP contribution is -2.49. The maximum absolute atomic E-state index is 13.0. The second-order valence-electron chi connectivity index (χ2n) is 6.61. The first-order valence-electron chi connectivity index (χ1n) is 8.78. The molecule has 1 aliphatic rings. The van der Waals surface area contributed by atoms with Gasteiger partial charge in [0, 0.05) is 30.7 Å². The number of hydrogen-bond acceptors (Lipinski definition) is 3. The molecule has 0 radical (unpaired) electrons. The summed E-state index contributed by atoms with van der Waals surface area (Å²) >= 11 is 1.76. The Bertz CT molecular complexity index is 777. The average molecular weight is 359 g/mol. The van der Waals surface area contributed by atoms with Crippen molar-refractivity contribution in [1.29, 1.82) is 0 Å². The molecule has 5 nitrogen and oxygen atoms in total. The highest BCUT2D eigenvalue weighted by atomic mass is 32.1. The highest BCUT2D eigenvalue weighted by Crippen LogP contribution is 2.24. The summed E-state index contributed by atoms with van der Waals surface area (Å²) in [6.45, 7) is 5.37. The van der Waals surface area contributed by atoms with Gasteiger partial charge in [-0.2, -0.15) is 0 Å². The van der Waals surface area contributed by atoms with Crippen LogP contribution in [0.2, 0.25) is 0 Å². The van der Waals surface area contributed by atoms with Crippen molar-refractivity contribution >= 4 is 23.2 Å². The molecule has 0 aliphatic carbocycles. The third kappa shape index (κ3) is 3.63. The van der Waals surface area contributed by atoms with Crippen LogP contribution in [0.3, 0.4) is 0 Å². The Balaban J connectivity index is 1.71. The number of amides is 2. The predicted octanol–water partition coefficient (Wildman–Crippen LogP) is 2.88. The van der Waals surface area contributed by atoms with Gasteiger partial charge in [-0.05, 0) is 48.9 Å². The van der Waals surface area contributed by atoms with Crippen LogP contribution in [0.4, 0.5) is 0 Å². The molecule has 2 aromatic heterocycles. The van der Waals surface area contributed by atoms with E-state index in [1.165, 1.54) is 10.4 Å². The number of carbonyl (C=O) groups excluding carboxylic acids is 2. The van der Waals surface area contributed by atoms with Gasteiger partial charge < -0.3 is 14.8 Å². The highest BCUT2D eigenvalue weighted by molar-refractivity contribution is 7.10. The Morgan fingerprint density at radius 1 is 1.32 bits per heavy atom. The number of aromatic nitrogens is 1. The lowest BCUT2D eigenvalue weighted by atomic mass is 10.1. The maximum atomic E-state index is 13.0. The number of aryl methyl sites for hydroxylation is 1. The Morgan fingerprint density at radius 2 is 2.12 bits per heavy atom. The van der Waals surface area contributed by atoms with E-state index in [9.17, 15) is 9.59 Å². The van der Waals surface area contributed by atoms with Crippen molar-refractivity contribution in [1.82, 2.24) is 14.8 Å². The first-order valence-corrected chi connectivity index (χ1v) is 9.66. The third-order valence-corrected chi connectivity index (χ3v) is 5.93. The second kappa shape index (κ2) is 7.44. The van der Waals surface area contributed by atoms with E-state index in [0.717, 1.165) is 25.1 Å². The quantitative estimate of drug-likeness (QED) is 0.892. The Hall–Kier alpha value is -2.08. The zero-order valence-electron chi connectivity index (χ0n) is 15.0. The number of carbonyl (C=O) groups is 2. The minimum atomic E-state index is -0.465. The lowest BCUT2D eigenvalue weighted by Gasteiger charge is -2.31. The normalized spacial score (nSPS) is 14.9. The number of thiophene rings is 1. The molecule has 0 spiro atoms. The molecular weight excluding hydrogens is 334 g/mol.